The summed E-state index contributed by atoms with van der Waals surface area (Å²) in [7, 11) is 7.56. The maximum atomic E-state index is 12.7. The number of carbonyl (C=O) groups excluding carboxylic acids is 1. The lowest BCUT2D eigenvalue weighted by Crippen LogP contribution is -2.09. The second-order valence-electron chi connectivity index (χ2n) is 7.70. The van der Waals surface area contributed by atoms with Crippen molar-refractivity contribution in [1.82, 2.24) is 0 Å². The molecule has 0 unspecified atom stereocenters. The molecule has 3 rings (SSSR count). The second-order valence-corrected chi connectivity index (χ2v) is 7.70. The van der Waals surface area contributed by atoms with E-state index in [-0.39, 0.29) is 17.2 Å². The molecule has 4 N–H and O–H groups in total. The highest BCUT2D eigenvalue weighted by Crippen LogP contribution is 2.40. The van der Waals surface area contributed by atoms with E-state index in [9.17, 15) is 9.90 Å². The maximum Gasteiger partial charge on any atom is 0.248 e. The number of nitrogens with one attached hydrogen (secondary N) is 1. The Hall–Kier alpha value is -4.79. The van der Waals surface area contributed by atoms with Crippen LogP contribution in [-0.4, -0.2) is 46.6 Å². The van der Waals surface area contributed by atoms with Crippen LogP contribution < -0.4 is 34.7 Å². The molecule has 0 aliphatic carbocycles. The van der Waals surface area contributed by atoms with Gasteiger partial charge in [0.15, 0.2) is 23.0 Å². The number of amides is 1. The Bertz CT molecular complexity index is 1310. The molecule has 0 aliphatic rings. The molecule has 0 aromatic heterocycles. The minimum atomic E-state index is -0.458. The first-order chi connectivity index (χ1) is 17.8. The van der Waals surface area contributed by atoms with E-state index >= 15 is 0 Å². The summed E-state index contributed by atoms with van der Waals surface area (Å²) in [5, 5.41) is 13.5. The summed E-state index contributed by atoms with van der Waals surface area (Å²) in [5.41, 5.74) is 8.58. The minimum Gasteiger partial charge on any atom is -0.503 e. The summed E-state index contributed by atoms with van der Waals surface area (Å²) in [6, 6.07) is 12.1. The van der Waals surface area contributed by atoms with Crippen LogP contribution in [0.15, 0.2) is 48.5 Å². The molecule has 1 amide bonds. The Morgan fingerprint density at radius 2 is 1.38 bits per heavy atom. The first-order valence-electron chi connectivity index (χ1n) is 11.2. The Labute approximate surface area is 215 Å². The van der Waals surface area contributed by atoms with Crippen molar-refractivity contribution in [2.45, 2.75) is 0 Å². The number of nitrogens with two attached hydrogens (primary N) is 1. The number of hydrogen-bond acceptors (Lipinski definition) is 8. The fourth-order valence-corrected chi connectivity index (χ4v) is 3.60. The number of hydrogen-bond donors (Lipinski definition) is 3. The largest absolute Gasteiger partial charge is 0.503 e. The molecule has 3 aromatic carbocycles. The number of phenols is 1. The van der Waals surface area contributed by atoms with Gasteiger partial charge < -0.3 is 39.8 Å². The summed E-state index contributed by atoms with van der Waals surface area (Å²) in [6.07, 6.45) is 6.47. The number of ether oxygens (including phenoxy) is 5. The number of rotatable bonds is 10. The molecule has 194 valence electrons. The molecule has 0 atom stereocenters. The molecule has 0 saturated carbocycles. The highest BCUT2D eigenvalue weighted by Gasteiger charge is 2.15. The molecule has 0 spiro atoms. The number of nitrogen functional groups attached to an aromatic ring is 1. The molecule has 3 aromatic rings. The number of phenolic OH excluding ortho intramolecular Hbond substituents is 1. The van der Waals surface area contributed by atoms with Crippen molar-refractivity contribution in [3.8, 4) is 34.5 Å². The Balaban J connectivity index is 1.91. The van der Waals surface area contributed by atoms with E-state index in [0.29, 0.717) is 39.8 Å². The molecular formula is C28H30N2O7. The lowest BCUT2D eigenvalue weighted by atomic mass is 10.1. The highest BCUT2D eigenvalue weighted by atomic mass is 16.5. The van der Waals surface area contributed by atoms with Crippen LogP contribution >= 0.6 is 0 Å². The summed E-state index contributed by atoms with van der Waals surface area (Å²) >= 11 is 0. The van der Waals surface area contributed by atoms with Crippen LogP contribution in [-0.2, 0) is 4.79 Å². The first kappa shape index (κ1) is 26.8. The number of aromatic hydroxyl groups is 1. The molecule has 0 heterocycles. The lowest BCUT2D eigenvalue weighted by Gasteiger charge is -2.14. The molecule has 0 saturated heterocycles. The summed E-state index contributed by atoms with van der Waals surface area (Å²) in [5.74, 6) is 1.57. The van der Waals surface area contributed by atoms with Gasteiger partial charge >= 0.3 is 0 Å². The van der Waals surface area contributed by atoms with Crippen molar-refractivity contribution in [2.75, 3.05) is 46.6 Å². The van der Waals surface area contributed by atoms with Crippen molar-refractivity contribution < 1.29 is 33.6 Å². The third-order valence-corrected chi connectivity index (χ3v) is 5.46. The van der Waals surface area contributed by atoms with Crippen molar-refractivity contribution in [3.63, 3.8) is 0 Å². The van der Waals surface area contributed by atoms with Crippen LogP contribution in [0.5, 0.6) is 34.5 Å². The molecule has 0 fully saturated rings. The van der Waals surface area contributed by atoms with E-state index in [1.807, 2.05) is 0 Å². The normalized spacial score (nSPS) is 10.9. The fourth-order valence-electron chi connectivity index (χ4n) is 3.60. The van der Waals surface area contributed by atoms with Gasteiger partial charge in [0, 0.05) is 11.6 Å². The Kier molecular flexibility index (Phi) is 8.88. The number of carbonyl (C=O) groups is 1. The number of benzene rings is 3. The van der Waals surface area contributed by atoms with E-state index in [1.54, 1.807) is 60.7 Å². The fraction of sp³-hybridized carbons (Fsp3) is 0.179. The smallest absolute Gasteiger partial charge is 0.248 e. The third kappa shape index (κ3) is 6.26. The average molecular weight is 507 g/mol. The van der Waals surface area contributed by atoms with Gasteiger partial charge in [0.1, 0.15) is 5.75 Å². The molecule has 0 radical (unpaired) electrons. The topological polar surface area (TPSA) is 122 Å². The average Bonchev–Trinajstić information content (AvgIpc) is 2.91. The van der Waals surface area contributed by atoms with Crippen LogP contribution in [0.3, 0.4) is 0 Å². The molecular weight excluding hydrogens is 476 g/mol. The van der Waals surface area contributed by atoms with E-state index in [1.165, 1.54) is 41.6 Å². The minimum absolute atomic E-state index is 0.187. The lowest BCUT2D eigenvalue weighted by molar-refractivity contribution is -0.111. The van der Waals surface area contributed by atoms with Gasteiger partial charge in [-0.15, -0.1) is 0 Å². The summed E-state index contributed by atoms with van der Waals surface area (Å²) < 4.78 is 26.5. The van der Waals surface area contributed by atoms with E-state index < -0.39 is 5.91 Å². The predicted octanol–water partition coefficient (Wildman–Crippen LogP) is 4.84. The van der Waals surface area contributed by atoms with Crippen LogP contribution in [0.2, 0.25) is 0 Å². The molecule has 37 heavy (non-hydrogen) atoms. The van der Waals surface area contributed by atoms with Crippen LogP contribution in [0, 0.1) is 0 Å². The number of anilines is 2. The summed E-state index contributed by atoms with van der Waals surface area (Å²) in [4.78, 5) is 12.7. The number of methoxy groups -OCH3 is 5. The monoisotopic (exact) mass is 506 g/mol. The predicted molar refractivity (Wildman–Crippen MR) is 145 cm³/mol. The maximum absolute atomic E-state index is 12.7. The SMILES string of the molecule is COc1ccc(/C=C/C(=O)Nc2c(/C=C/c3cc(OC)c(OC)c(OC)c3)ccc(OC)c2O)cc1N. The first-order valence-corrected chi connectivity index (χ1v) is 11.2. The van der Waals surface area contributed by atoms with Gasteiger partial charge in [-0.2, -0.15) is 0 Å². The van der Waals surface area contributed by atoms with E-state index in [0.717, 1.165) is 5.56 Å². The zero-order chi connectivity index (χ0) is 26.9. The van der Waals surface area contributed by atoms with Crippen molar-refractivity contribution in [3.05, 3.63) is 65.2 Å². The second kappa shape index (κ2) is 12.3. The molecule has 0 aliphatic heterocycles. The Morgan fingerprint density at radius 1 is 0.757 bits per heavy atom. The van der Waals surface area contributed by atoms with E-state index in [4.69, 9.17) is 29.4 Å². The molecule has 9 nitrogen and oxygen atoms in total. The van der Waals surface area contributed by atoms with Gasteiger partial charge in [0.25, 0.3) is 0 Å². The van der Waals surface area contributed by atoms with Gasteiger partial charge in [-0.3, -0.25) is 4.79 Å². The Morgan fingerprint density at radius 3 is 1.95 bits per heavy atom. The van der Waals surface area contributed by atoms with Gasteiger partial charge in [0.2, 0.25) is 11.7 Å². The van der Waals surface area contributed by atoms with Crippen LogP contribution in [0.25, 0.3) is 18.2 Å². The standard InChI is InChI=1S/C28H30N2O7/c1-33-21-11-7-17(14-20(21)29)8-13-25(31)30-26-19(10-12-22(34-2)27(26)32)9-6-18-15-23(35-3)28(37-5)24(16-18)36-4/h6-16,32H,29H2,1-5H3,(H,30,31)/b9-6+,13-8+. The zero-order valence-electron chi connectivity index (χ0n) is 21.3. The summed E-state index contributed by atoms with van der Waals surface area (Å²) in [6.45, 7) is 0. The molecule has 0 bridgehead atoms. The zero-order valence-corrected chi connectivity index (χ0v) is 21.3. The van der Waals surface area contributed by atoms with Gasteiger partial charge in [-0.05, 0) is 53.6 Å². The van der Waals surface area contributed by atoms with Gasteiger partial charge in [-0.25, -0.2) is 0 Å². The van der Waals surface area contributed by atoms with Gasteiger partial charge in [-0.1, -0.05) is 18.2 Å². The van der Waals surface area contributed by atoms with Crippen molar-refractivity contribution in [1.29, 1.82) is 0 Å². The third-order valence-electron chi connectivity index (χ3n) is 5.46. The molecule has 9 heteroatoms. The van der Waals surface area contributed by atoms with Crippen LogP contribution in [0.1, 0.15) is 16.7 Å². The van der Waals surface area contributed by atoms with E-state index in [2.05, 4.69) is 5.32 Å². The van der Waals surface area contributed by atoms with Crippen molar-refractivity contribution in [2.24, 2.45) is 0 Å². The van der Waals surface area contributed by atoms with Gasteiger partial charge in [0.05, 0.1) is 46.9 Å². The van der Waals surface area contributed by atoms with Crippen LogP contribution in [0.4, 0.5) is 11.4 Å². The quantitative estimate of drug-likeness (QED) is 0.155. The van der Waals surface area contributed by atoms with Crippen molar-refractivity contribution >= 4 is 35.5 Å². The highest BCUT2D eigenvalue weighted by molar-refractivity contribution is 6.04.